The Labute approximate surface area is 232 Å². The minimum absolute atomic E-state index is 0.0724. The minimum Gasteiger partial charge on any atom is -0.477 e. The molecule has 1 unspecified atom stereocenters. The summed E-state index contributed by atoms with van der Waals surface area (Å²) in [6.45, 7) is 3.61. The highest BCUT2D eigenvalue weighted by atomic mass is 32.1. The first-order valence-corrected chi connectivity index (χ1v) is 14.0. The second kappa shape index (κ2) is 10.8. The van der Waals surface area contributed by atoms with Crippen LogP contribution in [0.15, 0.2) is 35.8 Å². The van der Waals surface area contributed by atoms with Crippen molar-refractivity contribution in [2.45, 2.75) is 45.1 Å². The van der Waals surface area contributed by atoms with Crippen LogP contribution >= 0.6 is 11.5 Å². The summed E-state index contributed by atoms with van der Waals surface area (Å²) in [7, 11) is 0. The molecule has 4 aromatic heterocycles. The van der Waals surface area contributed by atoms with Crippen molar-refractivity contribution in [3.8, 4) is 16.5 Å². The molecule has 0 bridgehead atoms. The van der Waals surface area contributed by atoms with Crippen LogP contribution in [0.5, 0.6) is 0 Å². The molecular weight excluding hydrogens is 534 g/mol. The second-order valence-corrected chi connectivity index (χ2v) is 10.9. The number of hydrogen-bond acceptors (Lipinski definition) is 11. The van der Waals surface area contributed by atoms with Crippen LogP contribution in [-0.2, 0) is 9.53 Å². The number of Topliss-reactive ketones (excluding diaryl/α,β-unsaturated/α-hetero) is 1. The number of hydrogen-bond donors (Lipinski definition) is 1. The molecule has 6 heterocycles. The fourth-order valence-electron chi connectivity index (χ4n) is 5.19. The minimum atomic E-state index is -1.34. The molecule has 2 saturated heterocycles. The van der Waals surface area contributed by atoms with E-state index in [9.17, 15) is 19.5 Å². The number of ketones is 1. The maximum atomic E-state index is 13.2. The van der Waals surface area contributed by atoms with Gasteiger partial charge < -0.3 is 14.7 Å². The number of ether oxygens (including phenoxy) is 1. The quantitative estimate of drug-likeness (QED) is 0.338. The van der Waals surface area contributed by atoms with E-state index in [0.717, 1.165) is 43.8 Å². The van der Waals surface area contributed by atoms with Crippen molar-refractivity contribution in [3.05, 3.63) is 52.3 Å². The number of nitrogens with zero attached hydrogens (tertiary/aromatic N) is 7. The number of anilines is 1. The predicted octanol–water partition coefficient (Wildman–Crippen LogP) is 3.06. The Morgan fingerprint density at radius 2 is 1.98 bits per heavy atom. The lowest BCUT2D eigenvalue weighted by atomic mass is 9.90. The topological polar surface area (TPSA) is 153 Å². The highest BCUT2D eigenvalue weighted by Gasteiger charge is 2.34. The van der Waals surface area contributed by atoms with Crippen molar-refractivity contribution in [3.63, 3.8) is 0 Å². The fourth-order valence-corrected chi connectivity index (χ4v) is 5.86. The van der Waals surface area contributed by atoms with Crippen molar-refractivity contribution >= 4 is 40.1 Å². The Balaban J connectivity index is 1.29. The molecule has 40 heavy (non-hydrogen) atoms. The molecule has 13 heteroatoms. The Morgan fingerprint density at radius 1 is 1.18 bits per heavy atom. The number of fused-ring (bicyclic) bond motifs is 1. The number of carboxylic acid groups (broad SMARTS) is 1. The van der Waals surface area contributed by atoms with E-state index in [4.69, 9.17) is 9.72 Å². The third-order valence-corrected chi connectivity index (χ3v) is 8.18. The summed E-state index contributed by atoms with van der Waals surface area (Å²) in [5.41, 5.74) is 0.470. The Morgan fingerprint density at radius 3 is 2.70 bits per heavy atom. The van der Waals surface area contributed by atoms with E-state index in [2.05, 4.69) is 19.3 Å². The SMILES string of the molecule is Cc1cc(N2CC(C(=O)CCC3CCCCO3)C2)nc2c1c(=O)c(C(=O)O)cn2-c1nc(-c2cncnc2)ns1. The van der Waals surface area contributed by atoms with Crippen LogP contribution in [0.3, 0.4) is 0 Å². The van der Waals surface area contributed by atoms with Gasteiger partial charge in [-0.3, -0.25) is 14.2 Å². The lowest BCUT2D eigenvalue weighted by molar-refractivity contribution is -0.124. The molecule has 2 aliphatic rings. The molecule has 4 aromatic rings. The van der Waals surface area contributed by atoms with Crippen molar-refractivity contribution < 1.29 is 19.4 Å². The number of aromatic nitrogens is 6. The Bertz CT molecular complexity index is 1640. The molecule has 6 rings (SSSR count). The molecule has 0 saturated carbocycles. The van der Waals surface area contributed by atoms with Gasteiger partial charge in [0.2, 0.25) is 10.6 Å². The van der Waals surface area contributed by atoms with Gasteiger partial charge in [0.25, 0.3) is 0 Å². The van der Waals surface area contributed by atoms with Crippen LogP contribution in [0.25, 0.3) is 27.6 Å². The first-order valence-electron chi connectivity index (χ1n) is 13.2. The number of carbonyl (C=O) groups is 2. The summed E-state index contributed by atoms with van der Waals surface area (Å²) < 4.78 is 11.6. The molecule has 12 nitrogen and oxygen atoms in total. The van der Waals surface area contributed by atoms with Crippen LogP contribution < -0.4 is 10.3 Å². The van der Waals surface area contributed by atoms with Crippen LogP contribution in [0.1, 0.15) is 48.0 Å². The maximum absolute atomic E-state index is 13.2. The third kappa shape index (κ3) is 4.97. The van der Waals surface area contributed by atoms with Gasteiger partial charge in [-0.15, -0.1) is 0 Å². The monoisotopic (exact) mass is 561 g/mol. The van der Waals surface area contributed by atoms with Gasteiger partial charge in [-0.2, -0.15) is 9.36 Å². The van der Waals surface area contributed by atoms with Crippen LogP contribution in [-0.4, -0.2) is 71.5 Å². The highest BCUT2D eigenvalue weighted by molar-refractivity contribution is 7.08. The zero-order valence-electron chi connectivity index (χ0n) is 21.8. The Kier molecular flexibility index (Phi) is 7.07. The van der Waals surface area contributed by atoms with Gasteiger partial charge in [-0.25, -0.2) is 19.7 Å². The van der Waals surface area contributed by atoms with Gasteiger partial charge in [-0.05, 0) is 44.2 Å². The van der Waals surface area contributed by atoms with E-state index in [-0.39, 0.29) is 34.4 Å². The standard InChI is InChI=1S/C27H27N7O5S/c1-15-8-21(33-11-17(12-33)20(35)6-5-18-4-2-3-7-39-18)30-25-22(15)23(36)19(26(37)38)13-34(25)27-31-24(32-40-27)16-9-28-14-29-10-16/h8-10,13-14,17-18H,2-7,11-12H2,1H3,(H,37,38). The van der Waals surface area contributed by atoms with E-state index in [1.54, 1.807) is 25.4 Å². The number of carboxylic acids is 1. The first kappa shape index (κ1) is 26.1. The average molecular weight is 562 g/mol. The molecule has 206 valence electrons. The van der Waals surface area contributed by atoms with E-state index in [1.807, 2.05) is 4.90 Å². The summed E-state index contributed by atoms with van der Waals surface area (Å²) in [6, 6.07) is 1.77. The molecular formula is C27H27N7O5S. The van der Waals surface area contributed by atoms with E-state index < -0.39 is 11.4 Å². The molecule has 0 aromatic carbocycles. The highest BCUT2D eigenvalue weighted by Crippen LogP contribution is 2.30. The van der Waals surface area contributed by atoms with Crippen LogP contribution in [0, 0.1) is 12.8 Å². The molecule has 2 fully saturated rings. The fraction of sp³-hybridized carbons (Fsp3) is 0.407. The van der Waals surface area contributed by atoms with E-state index >= 15 is 0 Å². The number of carbonyl (C=O) groups excluding carboxylic acids is 1. The van der Waals surface area contributed by atoms with Crippen molar-refractivity contribution in [2.24, 2.45) is 5.92 Å². The molecule has 0 spiro atoms. The number of aromatic carboxylic acids is 1. The van der Waals surface area contributed by atoms with Gasteiger partial charge >= 0.3 is 5.97 Å². The molecule has 0 radical (unpaired) electrons. The van der Waals surface area contributed by atoms with Crippen molar-refractivity contribution in [2.75, 3.05) is 24.6 Å². The lowest BCUT2D eigenvalue weighted by Gasteiger charge is -2.39. The van der Waals surface area contributed by atoms with Gasteiger partial charge in [0, 0.05) is 56.2 Å². The number of pyridine rings is 2. The van der Waals surface area contributed by atoms with E-state index in [1.165, 1.54) is 17.1 Å². The van der Waals surface area contributed by atoms with Crippen molar-refractivity contribution in [1.82, 2.24) is 28.9 Å². The summed E-state index contributed by atoms with van der Waals surface area (Å²) in [5.74, 6) is -0.191. The summed E-state index contributed by atoms with van der Waals surface area (Å²) in [4.78, 5) is 57.2. The number of aryl methyl sites for hydroxylation is 1. The first-order chi connectivity index (χ1) is 19.4. The van der Waals surface area contributed by atoms with Gasteiger partial charge in [0.1, 0.15) is 23.5 Å². The summed E-state index contributed by atoms with van der Waals surface area (Å²) >= 11 is 1.04. The Hall–Kier alpha value is -4.10. The lowest BCUT2D eigenvalue weighted by Crippen LogP contribution is -2.51. The zero-order chi connectivity index (χ0) is 27.8. The average Bonchev–Trinajstić information content (AvgIpc) is 3.42. The molecule has 1 N–H and O–H groups in total. The zero-order valence-corrected chi connectivity index (χ0v) is 22.6. The van der Waals surface area contributed by atoms with Gasteiger partial charge in [0.15, 0.2) is 11.5 Å². The van der Waals surface area contributed by atoms with E-state index in [0.29, 0.717) is 47.4 Å². The largest absolute Gasteiger partial charge is 0.477 e. The molecule has 1 atom stereocenters. The van der Waals surface area contributed by atoms with Crippen molar-refractivity contribution in [1.29, 1.82) is 0 Å². The van der Waals surface area contributed by atoms with Crippen LogP contribution in [0.4, 0.5) is 5.82 Å². The van der Waals surface area contributed by atoms with Gasteiger partial charge in [-0.1, -0.05) is 0 Å². The molecule has 0 aliphatic carbocycles. The van der Waals surface area contributed by atoms with Crippen LogP contribution in [0.2, 0.25) is 0 Å². The second-order valence-electron chi connectivity index (χ2n) is 10.2. The normalized spacial score (nSPS) is 17.6. The smallest absolute Gasteiger partial charge is 0.341 e. The number of rotatable bonds is 8. The molecule has 2 aliphatic heterocycles. The summed E-state index contributed by atoms with van der Waals surface area (Å²) in [5, 5.41) is 10.3. The summed E-state index contributed by atoms with van der Waals surface area (Å²) in [6.07, 6.45) is 10.5. The third-order valence-electron chi connectivity index (χ3n) is 7.46. The predicted molar refractivity (Wildman–Crippen MR) is 147 cm³/mol. The van der Waals surface area contributed by atoms with Gasteiger partial charge in [0.05, 0.1) is 23.0 Å². The molecule has 0 amide bonds. The maximum Gasteiger partial charge on any atom is 0.341 e.